The van der Waals surface area contributed by atoms with Gasteiger partial charge in [-0.05, 0) is 44.2 Å². The average molecular weight is 499 g/mol. The molecule has 0 atom stereocenters. The minimum atomic E-state index is -0.645. The van der Waals surface area contributed by atoms with Gasteiger partial charge >= 0.3 is 11.9 Å². The predicted octanol–water partition coefficient (Wildman–Crippen LogP) is 3.49. The van der Waals surface area contributed by atoms with Crippen LogP contribution in [0.3, 0.4) is 0 Å². The Morgan fingerprint density at radius 2 is 1.71 bits per heavy atom. The number of nitrogens with zero attached hydrogens (tertiary/aromatic N) is 3. The number of hydrogen-bond donors (Lipinski definition) is 1. The van der Waals surface area contributed by atoms with Crippen LogP contribution in [0.1, 0.15) is 39.0 Å². The second-order valence-electron chi connectivity index (χ2n) is 7.33. The maximum absolute atomic E-state index is 12.7. The van der Waals surface area contributed by atoms with Crippen LogP contribution in [-0.2, 0) is 27.4 Å². The molecule has 3 rings (SSSR count). The van der Waals surface area contributed by atoms with E-state index in [2.05, 4.69) is 15.5 Å². The minimum Gasteiger partial charge on any atom is -0.486 e. The van der Waals surface area contributed by atoms with Crippen molar-refractivity contribution >= 4 is 35.3 Å². The number of anilines is 1. The predicted molar refractivity (Wildman–Crippen MR) is 130 cm³/mol. The van der Waals surface area contributed by atoms with E-state index in [0.29, 0.717) is 17.5 Å². The number of benzene rings is 2. The van der Waals surface area contributed by atoms with E-state index in [0.717, 1.165) is 11.3 Å². The van der Waals surface area contributed by atoms with Gasteiger partial charge in [0.25, 0.3) is 0 Å². The number of amides is 1. The number of carbonyl (C=O) groups is 3. The van der Waals surface area contributed by atoms with E-state index in [9.17, 15) is 14.4 Å². The molecule has 1 aromatic heterocycles. The molecule has 0 radical (unpaired) electrons. The summed E-state index contributed by atoms with van der Waals surface area (Å²) in [4.78, 5) is 36.6. The van der Waals surface area contributed by atoms with Crippen LogP contribution in [0.25, 0.3) is 0 Å². The molecule has 10 nitrogen and oxygen atoms in total. The number of methoxy groups -OCH3 is 2. The Labute approximate surface area is 207 Å². The van der Waals surface area contributed by atoms with E-state index in [1.54, 1.807) is 0 Å². The molecule has 11 heteroatoms. The van der Waals surface area contributed by atoms with E-state index in [4.69, 9.17) is 14.2 Å². The molecule has 0 spiro atoms. The molecule has 0 saturated carbocycles. The van der Waals surface area contributed by atoms with Gasteiger partial charge in [-0.3, -0.25) is 4.79 Å². The van der Waals surface area contributed by atoms with Gasteiger partial charge in [-0.25, -0.2) is 9.59 Å². The number of nitrogens with one attached hydrogen (secondary N) is 1. The smallest absolute Gasteiger partial charge is 0.339 e. The van der Waals surface area contributed by atoms with Gasteiger partial charge in [-0.2, -0.15) is 0 Å². The molecule has 0 saturated heterocycles. The summed E-state index contributed by atoms with van der Waals surface area (Å²) >= 11 is 1.19. The van der Waals surface area contributed by atoms with Crippen LogP contribution in [0.4, 0.5) is 5.69 Å². The number of rotatable bonds is 10. The normalized spacial score (nSPS) is 10.5. The Morgan fingerprint density at radius 1 is 1.00 bits per heavy atom. The second kappa shape index (κ2) is 12.0. The lowest BCUT2D eigenvalue weighted by molar-refractivity contribution is -0.113. The van der Waals surface area contributed by atoms with Gasteiger partial charge in [0.05, 0.1) is 36.8 Å². The van der Waals surface area contributed by atoms with Crippen molar-refractivity contribution in [2.75, 3.05) is 25.3 Å². The Morgan fingerprint density at radius 3 is 2.37 bits per heavy atom. The van der Waals surface area contributed by atoms with Crippen LogP contribution in [0.2, 0.25) is 0 Å². The summed E-state index contributed by atoms with van der Waals surface area (Å²) in [6.45, 7) is 4.78. The fourth-order valence-corrected chi connectivity index (χ4v) is 3.95. The largest absolute Gasteiger partial charge is 0.486 e. The summed E-state index contributed by atoms with van der Waals surface area (Å²) < 4.78 is 17.1. The van der Waals surface area contributed by atoms with Crippen molar-refractivity contribution in [2.45, 2.75) is 32.2 Å². The number of esters is 2. The molecule has 2 aromatic carbocycles. The first-order valence-electron chi connectivity index (χ1n) is 10.7. The molecule has 0 fully saturated rings. The molecule has 1 amide bonds. The summed E-state index contributed by atoms with van der Waals surface area (Å²) in [6.07, 6.45) is 0. The lowest BCUT2D eigenvalue weighted by Crippen LogP contribution is -2.18. The van der Waals surface area contributed by atoms with Crippen LogP contribution in [0, 0.1) is 6.92 Å². The maximum Gasteiger partial charge on any atom is 0.339 e. The molecule has 0 unspecified atom stereocenters. The zero-order valence-corrected chi connectivity index (χ0v) is 20.7. The number of ether oxygens (including phenoxy) is 3. The molecule has 35 heavy (non-hydrogen) atoms. The first-order valence-corrected chi connectivity index (χ1v) is 11.7. The van der Waals surface area contributed by atoms with E-state index in [1.807, 2.05) is 42.7 Å². The summed E-state index contributed by atoms with van der Waals surface area (Å²) in [5.41, 5.74) is 1.59. The van der Waals surface area contributed by atoms with Gasteiger partial charge in [0.1, 0.15) is 12.4 Å². The van der Waals surface area contributed by atoms with Gasteiger partial charge < -0.3 is 24.1 Å². The van der Waals surface area contributed by atoms with Crippen LogP contribution < -0.4 is 10.1 Å². The van der Waals surface area contributed by atoms with Crippen LogP contribution in [0.5, 0.6) is 5.75 Å². The minimum absolute atomic E-state index is 0.0000169. The van der Waals surface area contributed by atoms with Crippen molar-refractivity contribution in [2.24, 2.45) is 0 Å². The highest BCUT2D eigenvalue weighted by atomic mass is 32.2. The molecular formula is C24H26N4O6S. The number of hydrogen-bond acceptors (Lipinski definition) is 9. The first kappa shape index (κ1) is 25.8. The summed E-state index contributed by atoms with van der Waals surface area (Å²) in [5.74, 6) is -0.276. The molecule has 1 heterocycles. The Kier molecular flexibility index (Phi) is 8.85. The highest BCUT2D eigenvalue weighted by molar-refractivity contribution is 7.99. The fraction of sp³-hybridized carbons (Fsp3) is 0.292. The third kappa shape index (κ3) is 6.60. The number of carbonyl (C=O) groups excluding carboxylic acids is 3. The van der Waals surface area contributed by atoms with Gasteiger partial charge in [-0.1, -0.05) is 29.5 Å². The molecule has 1 N–H and O–H groups in total. The highest BCUT2D eigenvalue weighted by Crippen LogP contribution is 2.22. The molecule has 0 aliphatic rings. The summed E-state index contributed by atoms with van der Waals surface area (Å²) in [7, 11) is 2.48. The molecular weight excluding hydrogens is 472 g/mol. The van der Waals surface area contributed by atoms with Gasteiger partial charge in [-0.15, -0.1) is 10.2 Å². The van der Waals surface area contributed by atoms with Crippen LogP contribution in [-0.4, -0.2) is 52.6 Å². The van der Waals surface area contributed by atoms with Crippen molar-refractivity contribution in [3.05, 3.63) is 65.0 Å². The van der Waals surface area contributed by atoms with E-state index in [1.165, 1.54) is 44.2 Å². The lowest BCUT2D eigenvalue weighted by atomic mass is 10.1. The molecule has 184 valence electrons. The Hall–Kier alpha value is -3.86. The quantitative estimate of drug-likeness (QED) is 0.331. The first-order chi connectivity index (χ1) is 16.9. The third-order valence-corrected chi connectivity index (χ3v) is 5.92. The number of thioether (sulfide) groups is 1. The van der Waals surface area contributed by atoms with Crippen molar-refractivity contribution in [1.82, 2.24) is 14.8 Å². The summed E-state index contributed by atoms with van der Waals surface area (Å²) in [5, 5.41) is 11.6. The topological polar surface area (TPSA) is 122 Å². The van der Waals surface area contributed by atoms with Crippen molar-refractivity contribution in [1.29, 1.82) is 0 Å². The number of aromatic nitrogens is 3. The lowest BCUT2D eigenvalue weighted by Gasteiger charge is -2.12. The van der Waals surface area contributed by atoms with Crippen molar-refractivity contribution in [3.8, 4) is 5.75 Å². The third-order valence-electron chi connectivity index (χ3n) is 4.95. The van der Waals surface area contributed by atoms with E-state index in [-0.39, 0.29) is 29.2 Å². The molecule has 0 bridgehead atoms. The summed E-state index contributed by atoms with van der Waals surface area (Å²) in [6, 6.07) is 11.9. The zero-order chi connectivity index (χ0) is 25.4. The van der Waals surface area contributed by atoms with E-state index >= 15 is 0 Å². The highest BCUT2D eigenvalue weighted by Gasteiger charge is 2.19. The van der Waals surface area contributed by atoms with Gasteiger partial charge in [0.15, 0.2) is 11.0 Å². The van der Waals surface area contributed by atoms with Gasteiger partial charge in [0, 0.05) is 6.54 Å². The van der Waals surface area contributed by atoms with Crippen LogP contribution in [0.15, 0.2) is 47.6 Å². The molecule has 3 aromatic rings. The Balaban J connectivity index is 1.67. The Bertz CT molecular complexity index is 1210. The zero-order valence-electron chi connectivity index (χ0n) is 19.9. The standard InChI is InChI=1S/C24H26N4O6S/c1-5-28-20(13-34-17-9-6-15(2)7-10-17)26-27-24(28)35-14-21(29)25-19-12-16(22(30)32-3)8-11-18(19)23(31)33-4/h6-12H,5,13-14H2,1-4H3,(H,25,29). The van der Waals surface area contributed by atoms with Crippen molar-refractivity contribution < 1.29 is 28.6 Å². The van der Waals surface area contributed by atoms with Crippen molar-refractivity contribution in [3.63, 3.8) is 0 Å². The number of aryl methyl sites for hydroxylation is 1. The molecule has 0 aliphatic carbocycles. The molecule has 0 aliphatic heterocycles. The maximum atomic E-state index is 12.7. The monoisotopic (exact) mass is 498 g/mol. The van der Waals surface area contributed by atoms with Gasteiger partial charge in [0.2, 0.25) is 5.91 Å². The van der Waals surface area contributed by atoms with E-state index < -0.39 is 17.8 Å². The average Bonchev–Trinajstić information content (AvgIpc) is 3.27. The fourth-order valence-electron chi connectivity index (χ4n) is 3.13. The van der Waals surface area contributed by atoms with Crippen LogP contribution >= 0.6 is 11.8 Å². The second-order valence-corrected chi connectivity index (χ2v) is 8.27. The SMILES string of the molecule is CCn1c(COc2ccc(C)cc2)nnc1SCC(=O)Nc1cc(C(=O)OC)ccc1C(=O)OC.